The van der Waals surface area contributed by atoms with Gasteiger partial charge in [-0.25, -0.2) is 13.4 Å². The van der Waals surface area contributed by atoms with E-state index in [0.717, 1.165) is 12.0 Å². The molecule has 3 N–H and O–H groups in total. The van der Waals surface area contributed by atoms with E-state index in [2.05, 4.69) is 10.7 Å². The monoisotopic (exact) mass is 662 g/mol. The van der Waals surface area contributed by atoms with Crippen molar-refractivity contribution in [2.45, 2.75) is 64.0 Å². The quantitative estimate of drug-likeness (QED) is 0.162. The van der Waals surface area contributed by atoms with E-state index >= 15 is 0 Å². The van der Waals surface area contributed by atoms with E-state index in [9.17, 15) is 23.1 Å². The smallest absolute Gasteiger partial charge is 0.252 e. The number of nitrogens with one attached hydrogen (secondary N) is 2. The van der Waals surface area contributed by atoms with Crippen LogP contribution in [-0.2, 0) is 30.8 Å². The summed E-state index contributed by atoms with van der Waals surface area (Å²) in [6.07, 6.45) is -0.315. The van der Waals surface area contributed by atoms with Crippen LogP contribution in [0, 0.1) is 11.8 Å². The Morgan fingerprint density at radius 2 is 1.72 bits per heavy atom. The van der Waals surface area contributed by atoms with Gasteiger partial charge in [-0.1, -0.05) is 64.4 Å². The van der Waals surface area contributed by atoms with Gasteiger partial charge in [0.15, 0.2) is 11.5 Å². The first-order chi connectivity index (χ1) is 22.0. The Balaban J connectivity index is 1.97. The van der Waals surface area contributed by atoms with Crippen LogP contribution in [0.25, 0.3) is 0 Å². The summed E-state index contributed by atoms with van der Waals surface area (Å²) in [4.78, 5) is 26.9. The second-order valence-electron chi connectivity index (χ2n) is 12.0. The van der Waals surface area contributed by atoms with Gasteiger partial charge in [0.05, 0.1) is 30.2 Å². The summed E-state index contributed by atoms with van der Waals surface area (Å²) in [6, 6.07) is 12.8. The fourth-order valence-electron chi connectivity index (χ4n) is 5.02. The molecular weight excluding hydrogens is 612 g/mol. The maximum atomic E-state index is 14.1. The van der Waals surface area contributed by atoms with Crippen LogP contribution < -0.4 is 20.2 Å². The van der Waals surface area contributed by atoms with Crippen molar-refractivity contribution in [2.75, 3.05) is 53.1 Å². The summed E-state index contributed by atoms with van der Waals surface area (Å²) in [5.74, 6) is -0.0945. The van der Waals surface area contributed by atoms with Gasteiger partial charge < -0.3 is 24.6 Å². The summed E-state index contributed by atoms with van der Waals surface area (Å²) in [7, 11) is -2.56. The average Bonchev–Trinajstić information content (AvgIpc) is 3.04. The van der Waals surface area contributed by atoms with Crippen molar-refractivity contribution < 1.29 is 37.3 Å². The normalized spacial score (nSPS) is 15.0. The predicted molar refractivity (Wildman–Crippen MR) is 175 cm³/mol. The second kappa shape index (κ2) is 18.2. The number of rotatable bonds is 18. The molecule has 1 aliphatic rings. The topological polar surface area (TPSA) is 147 Å². The van der Waals surface area contributed by atoms with Crippen LogP contribution >= 0.6 is 0 Å². The van der Waals surface area contributed by atoms with Gasteiger partial charge in [0.1, 0.15) is 13.2 Å². The second-order valence-corrected chi connectivity index (χ2v) is 14.0. The molecule has 12 nitrogen and oxygen atoms in total. The van der Waals surface area contributed by atoms with Gasteiger partial charge in [-0.3, -0.25) is 15.0 Å². The highest BCUT2D eigenvalue weighted by atomic mass is 32.2. The Hall–Kier alpha value is -3.23. The van der Waals surface area contributed by atoms with Gasteiger partial charge in [-0.2, -0.15) is 4.31 Å². The third kappa shape index (κ3) is 10.9. The highest BCUT2D eigenvalue weighted by molar-refractivity contribution is 7.89. The van der Waals surface area contributed by atoms with Crippen LogP contribution in [0.4, 0.5) is 0 Å². The lowest BCUT2D eigenvalue weighted by molar-refractivity contribution is -0.148. The largest absolute Gasteiger partial charge is 0.486 e. The third-order valence-corrected chi connectivity index (χ3v) is 9.50. The minimum atomic E-state index is -4.12. The first kappa shape index (κ1) is 37.2. The van der Waals surface area contributed by atoms with Crippen LogP contribution in [0.5, 0.6) is 11.5 Å². The third-order valence-electron chi connectivity index (χ3n) is 7.68. The summed E-state index contributed by atoms with van der Waals surface area (Å²) < 4.78 is 45.6. The number of ether oxygens (including phenoxy) is 3. The molecule has 0 aromatic heterocycles. The lowest BCUT2D eigenvalue weighted by atomic mass is 9.98. The molecule has 2 amide bonds. The van der Waals surface area contributed by atoms with Crippen molar-refractivity contribution in [3.8, 4) is 11.5 Å². The lowest BCUT2D eigenvalue weighted by Gasteiger charge is -2.37. The number of sulfonamides is 1. The number of hydrazine groups is 1. The molecule has 2 aromatic carbocycles. The summed E-state index contributed by atoms with van der Waals surface area (Å²) in [5, 5.41) is 16.1. The molecule has 0 saturated carbocycles. The number of carbonyl (C=O) groups is 2. The molecule has 1 heterocycles. The number of hydrogen-bond donors (Lipinski definition) is 3. The Kier molecular flexibility index (Phi) is 14.7. The molecule has 3 rings (SSSR count). The number of amides is 2. The standard InChI is InChI=1S/C33H50N4O8S/c1-6-25(4)18-33(40)37(35-32(39)21-34-14-15-43-5)28(19-26-10-8-7-9-11-26)29(38)23-36(22-24(2)3)46(41,42)27-12-13-30-31(20-27)45-17-16-44-30/h7-13,20,24-25,28-29,34,38H,6,14-19,21-23H2,1-5H3,(H,35,39)/t25-,28-,29+/m0/s1. The van der Waals surface area contributed by atoms with Crippen molar-refractivity contribution in [3.63, 3.8) is 0 Å². The summed E-state index contributed by atoms with van der Waals surface area (Å²) >= 11 is 0. The zero-order valence-corrected chi connectivity index (χ0v) is 28.4. The van der Waals surface area contributed by atoms with Crippen molar-refractivity contribution in [1.82, 2.24) is 20.1 Å². The molecule has 256 valence electrons. The first-order valence-corrected chi connectivity index (χ1v) is 17.3. The number of nitrogens with zero attached hydrogens (tertiary/aromatic N) is 2. The Bertz CT molecular complexity index is 1360. The molecule has 2 aromatic rings. The van der Waals surface area contributed by atoms with E-state index < -0.39 is 28.1 Å². The number of benzene rings is 2. The van der Waals surface area contributed by atoms with Gasteiger partial charge >= 0.3 is 0 Å². The average molecular weight is 663 g/mol. The Morgan fingerprint density at radius 3 is 2.37 bits per heavy atom. The molecule has 0 fully saturated rings. The fourth-order valence-corrected chi connectivity index (χ4v) is 6.66. The number of aliphatic hydroxyl groups is 1. The highest BCUT2D eigenvalue weighted by Crippen LogP contribution is 2.33. The lowest BCUT2D eigenvalue weighted by Crippen LogP contribution is -2.60. The van der Waals surface area contributed by atoms with Crippen molar-refractivity contribution in [3.05, 3.63) is 54.1 Å². The van der Waals surface area contributed by atoms with Gasteiger partial charge in [-0.05, 0) is 36.0 Å². The van der Waals surface area contributed by atoms with E-state index in [-0.39, 0.29) is 55.1 Å². The number of fused-ring (bicyclic) bond motifs is 1. The molecular formula is C33H50N4O8S. The zero-order valence-electron chi connectivity index (χ0n) is 27.6. The van der Waals surface area contributed by atoms with E-state index in [1.165, 1.54) is 21.4 Å². The number of methoxy groups -OCH3 is 1. The van der Waals surface area contributed by atoms with E-state index in [0.29, 0.717) is 37.9 Å². The maximum Gasteiger partial charge on any atom is 0.252 e. The number of hydrogen-bond acceptors (Lipinski definition) is 9. The molecule has 0 bridgehead atoms. The fraction of sp³-hybridized carbons (Fsp3) is 0.576. The molecule has 0 saturated heterocycles. The van der Waals surface area contributed by atoms with E-state index in [1.807, 2.05) is 58.0 Å². The van der Waals surface area contributed by atoms with Gasteiger partial charge in [0.2, 0.25) is 15.9 Å². The summed E-state index contributed by atoms with van der Waals surface area (Å²) in [6.45, 7) is 8.93. The molecule has 46 heavy (non-hydrogen) atoms. The predicted octanol–water partition coefficient (Wildman–Crippen LogP) is 2.61. The molecule has 0 spiro atoms. The van der Waals surface area contributed by atoms with Gasteiger partial charge in [-0.15, -0.1) is 0 Å². The van der Waals surface area contributed by atoms with Crippen LogP contribution in [0.2, 0.25) is 0 Å². The van der Waals surface area contributed by atoms with Crippen LogP contribution in [0.1, 0.15) is 46.1 Å². The van der Waals surface area contributed by atoms with Crippen LogP contribution in [0.3, 0.4) is 0 Å². The minimum Gasteiger partial charge on any atom is -0.486 e. The molecule has 13 heteroatoms. The SMILES string of the molecule is CC[C@H](C)CC(=O)N(NC(=O)CNCCOC)[C@@H](Cc1ccccc1)[C@H](O)CN(CC(C)C)S(=O)(=O)c1ccc2c(c1)OCCO2. The number of carbonyl (C=O) groups excluding carboxylic acids is 2. The van der Waals surface area contributed by atoms with Crippen LogP contribution in [0.15, 0.2) is 53.4 Å². The zero-order chi connectivity index (χ0) is 33.7. The van der Waals surface area contributed by atoms with Crippen molar-refractivity contribution >= 4 is 21.8 Å². The molecule has 3 atom stereocenters. The highest BCUT2D eigenvalue weighted by Gasteiger charge is 2.36. The maximum absolute atomic E-state index is 14.1. The Morgan fingerprint density at radius 1 is 1.02 bits per heavy atom. The van der Waals surface area contributed by atoms with E-state index in [1.54, 1.807) is 13.2 Å². The Labute approximate surface area is 273 Å². The molecule has 0 aliphatic carbocycles. The van der Waals surface area contributed by atoms with Crippen LogP contribution in [-0.4, -0.2) is 99.9 Å². The number of aliphatic hydroxyl groups excluding tert-OH is 1. The van der Waals surface area contributed by atoms with Crippen molar-refractivity contribution in [2.24, 2.45) is 11.8 Å². The first-order valence-electron chi connectivity index (χ1n) is 15.9. The molecule has 0 unspecified atom stereocenters. The van der Waals surface area contributed by atoms with Gasteiger partial charge in [0.25, 0.3) is 5.91 Å². The van der Waals surface area contributed by atoms with E-state index in [4.69, 9.17) is 14.2 Å². The summed E-state index contributed by atoms with van der Waals surface area (Å²) in [5.41, 5.74) is 3.54. The molecule has 1 aliphatic heterocycles. The van der Waals surface area contributed by atoms with Crippen molar-refractivity contribution in [1.29, 1.82) is 0 Å². The minimum absolute atomic E-state index is 0.00403. The molecule has 0 radical (unpaired) electrons. The van der Waals surface area contributed by atoms with Gasteiger partial charge in [0, 0.05) is 39.2 Å².